The van der Waals surface area contributed by atoms with E-state index in [9.17, 15) is 9.18 Å². The molecule has 2 aromatic rings. The fourth-order valence-electron chi connectivity index (χ4n) is 2.19. The lowest BCUT2D eigenvalue weighted by molar-refractivity contribution is -0.116. The topological polar surface area (TPSA) is 42.2 Å². The molecule has 4 heteroatoms. The molecule has 0 aliphatic carbocycles. The first kappa shape index (κ1) is 10.1. The predicted molar refractivity (Wildman–Crippen MR) is 60.2 cm³/mol. The molecule has 1 unspecified atom stereocenters. The summed E-state index contributed by atoms with van der Waals surface area (Å²) in [4.78, 5) is 11.6. The summed E-state index contributed by atoms with van der Waals surface area (Å²) in [5.74, 6) is -0.118. The average molecular weight is 231 g/mol. The molecule has 17 heavy (non-hydrogen) atoms. The Morgan fingerprint density at radius 2 is 2.18 bits per heavy atom. The van der Waals surface area contributed by atoms with Crippen molar-refractivity contribution in [1.29, 1.82) is 0 Å². The number of fused-ring (bicyclic) bond motifs is 1. The number of benzene rings is 1. The third-order valence-electron chi connectivity index (χ3n) is 2.96. The number of hydrogen-bond donors (Lipinski definition) is 1. The highest BCUT2D eigenvalue weighted by Gasteiger charge is 2.29. The van der Waals surface area contributed by atoms with E-state index in [1.54, 1.807) is 24.5 Å². The van der Waals surface area contributed by atoms with Crippen LogP contribution in [0.2, 0.25) is 0 Å². The predicted octanol–water partition coefficient (Wildman–Crippen LogP) is 2.89. The van der Waals surface area contributed by atoms with Gasteiger partial charge in [0.05, 0.1) is 17.9 Å². The summed E-state index contributed by atoms with van der Waals surface area (Å²) in [5.41, 5.74) is 1.03. The lowest BCUT2D eigenvalue weighted by atomic mass is 9.88. The van der Waals surface area contributed by atoms with Crippen molar-refractivity contribution in [2.45, 2.75) is 12.3 Å². The lowest BCUT2D eigenvalue weighted by Crippen LogP contribution is -2.24. The van der Waals surface area contributed by atoms with Crippen molar-refractivity contribution in [1.82, 2.24) is 0 Å². The van der Waals surface area contributed by atoms with Gasteiger partial charge in [-0.3, -0.25) is 4.79 Å². The minimum Gasteiger partial charge on any atom is -0.469 e. The fourth-order valence-corrected chi connectivity index (χ4v) is 2.19. The Labute approximate surface area is 97.2 Å². The Hall–Kier alpha value is -2.10. The van der Waals surface area contributed by atoms with Gasteiger partial charge >= 0.3 is 0 Å². The number of rotatable bonds is 1. The average Bonchev–Trinajstić information content (AvgIpc) is 2.83. The van der Waals surface area contributed by atoms with Crippen LogP contribution in [0.1, 0.15) is 23.7 Å². The maximum atomic E-state index is 13.6. The zero-order valence-electron chi connectivity index (χ0n) is 8.94. The largest absolute Gasteiger partial charge is 0.469 e. The molecule has 3 nitrogen and oxygen atoms in total. The van der Waals surface area contributed by atoms with Gasteiger partial charge in [0.25, 0.3) is 0 Å². The first-order valence-electron chi connectivity index (χ1n) is 5.37. The summed E-state index contributed by atoms with van der Waals surface area (Å²) in [5, 5.41) is 2.56. The van der Waals surface area contributed by atoms with Gasteiger partial charge in [0, 0.05) is 6.42 Å². The molecule has 0 fully saturated rings. The minimum atomic E-state index is -0.410. The summed E-state index contributed by atoms with van der Waals surface area (Å²) < 4.78 is 18.9. The summed E-state index contributed by atoms with van der Waals surface area (Å²) in [6.45, 7) is 0. The van der Waals surface area contributed by atoms with E-state index in [0.29, 0.717) is 5.76 Å². The molecule has 1 atom stereocenters. The first-order chi connectivity index (χ1) is 8.25. The van der Waals surface area contributed by atoms with Gasteiger partial charge in [-0.2, -0.15) is 0 Å². The number of carbonyl (C=O) groups is 1. The third-order valence-corrected chi connectivity index (χ3v) is 2.96. The Kier molecular flexibility index (Phi) is 2.21. The van der Waals surface area contributed by atoms with Crippen LogP contribution in [0.3, 0.4) is 0 Å². The van der Waals surface area contributed by atoms with Gasteiger partial charge in [0.1, 0.15) is 11.6 Å². The first-order valence-corrected chi connectivity index (χ1v) is 5.37. The highest BCUT2D eigenvalue weighted by molar-refractivity contribution is 5.95. The number of amides is 1. The van der Waals surface area contributed by atoms with Gasteiger partial charge in [-0.15, -0.1) is 0 Å². The standard InChI is InChI=1S/C13H10FNO2/c14-10-4-1-3-8-9(11-5-2-6-17-11)7-12(16)15-13(8)10/h1-6,9H,7H2,(H,15,16). The summed E-state index contributed by atoms with van der Waals surface area (Å²) >= 11 is 0. The number of para-hydroxylation sites is 1. The van der Waals surface area contributed by atoms with Crippen LogP contribution in [0.5, 0.6) is 0 Å². The second-order valence-corrected chi connectivity index (χ2v) is 4.02. The van der Waals surface area contributed by atoms with Crippen LogP contribution >= 0.6 is 0 Å². The fraction of sp³-hybridized carbons (Fsp3) is 0.154. The van der Waals surface area contributed by atoms with E-state index in [0.717, 1.165) is 5.56 Å². The van der Waals surface area contributed by atoms with E-state index >= 15 is 0 Å². The van der Waals surface area contributed by atoms with Crippen molar-refractivity contribution in [2.24, 2.45) is 0 Å². The van der Waals surface area contributed by atoms with Gasteiger partial charge < -0.3 is 9.73 Å². The van der Waals surface area contributed by atoms with Crippen LogP contribution in [-0.4, -0.2) is 5.91 Å². The molecule has 1 aliphatic heterocycles. The molecular formula is C13H10FNO2. The van der Waals surface area contributed by atoms with Crippen LogP contribution < -0.4 is 5.32 Å². The molecular weight excluding hydrogens is 221 g/mol. The zero-order valence-corrected chi connectivity index (χ0v) is 8.94. The lowest BCUT2D eigenvalue weighted by Gasteiger charge is -2.24. The Morgan fingerprint density at radius 3 is 2.94 bits per heavy atom. The Balaban J connectivity index is 2.15. The number of halogens is 1. The van der Waals surface area contributed by atoms with Gasteiger partial charge in [-0.05, 0) is 23.8 Å². The Bertz CT molecular complexity index is 563. The zero-order chi connectivity index (χ0) is 11.8. The highest BCUT2D eigenvalue weighted by atomic mass is 19.1. The van der Waals surface area contributed by atoms with Gasteiger partial charge in [0.2, 0.25) is 5.91 Å². The van der Waals surface area contributed by atoms with Crippen molar-refractivity contribution < 1.29 is 13.6 Å². The van der Waals surface area contributed by atoms with Crippen molar-refractivity contribution >= 4 is 11.6 Å². The van der Waals surface area contributed by atoms with Crippen molar-refractivity contribution in [3.63, 3.8) is 0 Å². The molecule has 3 rings (SSSR count). The second kappa shape index (κ2) is 3.73. The van der Waals surface area contributed by atoms with Crippen LogP contribution in [0.4, 0.5) is 10.1 Å². The molecule has 1 aliphatic rings. The Morgan fingerprint density at radius 1 is 1.29 bits per heavy atom. The smallest absolute Gasteiger partial charge is 0.225 e. The summed E-state index contributed by atoms with van der Waals surface area (Å²) in [6.07, 6.45) is 1.84. The van der Waals surface area contributed by atoms with E-state index in [1.807, 2.05) is 6.07 Å². The van der Waals surface area contributed by atoms with E-state index in [1.165, 1.54) is 6.07 Å². The molecule has 2 heterocycles. The quantitative estimate of drug-likeness (QED) is 0.819. The minimum absolute atomic E-state index is 0.191. The monoisotopic (exact) mass is 231 g/mol. The number of nitrogens with one attached hydrogen (secondary N) is 1. The number of furan rings is 1. The highest BCUT2D eigenvalue weighted by Crippen LogP contribution is 2.38. The molecule has 1 amide bonds. The van der Waals surface area contributed by atoms with Gasteiger partial charge in [0.15, 0.2) is 0 Å². The van der Waals surface area contributed by atoms with Crippen LogP contribution in [-0.2, 0) is 4.79 Å². The molecule has 0 spiro atoms. The number of anilines is 1. The van der Waals surface area contributed by atoms with Crippen LogP contribution in [0, 0.1) is 5.82 Å². The second-order valence-electron chi connectivity index (χ2n) is 4.02. The van der Waals surface area contributed by atoms with E-state index in [-0.39, 0.29) is 23.9 Å². The van der Waals surface area contributed by atoms with Gasteiger partial charge in [-0.25, -0.2) is 4.39 Å². The van der Waals surface area contributed by atoms with Crippen molar-refractivity contribution in [3.05, 3.63) is 53.7 Å². The van der Waals surface area contributed by atoms with E-state index in [4.69, 9.17) is 4.42 Å². The summed E-state index contributed by atoms with van der Waals surface area (Å²) in [6, 6.07) is 8.36. The van der Waals surface area contributed by atoms with Crippen molar-refractivity contribution in [3.8, 4) is 0 Å². The maximum Gasteiger partial charge on any atom is 0.225 e. The van der Waals surface area contributed by atoms with Crippen LogP contribution in [0.25, 0.3) is 0 Å². The van der Waals surface area contributed by atoms with Gasteiger partial charge in [-0.1, -0.05) is 12.1 Å². The normalized spacial score (nSPS) is 18.6. The van der Waals surface area contributed by atoms with E-state index < -0.39 is 5.82 Å². The van der Waals surface area contributed by atoms with Crippen molar-refractivity contribution in [2.75, 3.05) is 5.32 Å². The molecule has 0 saturated heterocycles. The molecule has 0 bridgehead atoms. The van der Waals surface area contributed by atoms with E-state index in [2.05, 4.69) is 5.32 Å². The molecule has 1 aromatic carbocycles. The molecule has 1 N–H and O–H groups in total. The molecule has 0 radical (unpaired) electrons. The SMILES string of the molecule is O=C1CC(c2ccco2)c2cccc(F)c2N1. The number of hydrogen-bond acceptors (Lipinski definition) is 2. The molecule has 0 saturated carbocycles. The van der Waals surface area contributed by atoms with Crippen LogP contribution in [0.15, 0.2) is 41.0 Å². The molecule has 86 valence electrons. The molecule has 1 aromatic heterocycles. The maximum absolute atomic E-state index is 13.6. The summed E-state index contributed by atoms with van der Waals surface area (Å²) in [7, 11) is 0. The number of carbonyl (C=O) groups excluding carboxylic acids is 1. The third kappa shape index (κ3) is 1.62.